The second-order valence-electron chi connectivity index (χ2n) is 5.82. The molecule has 122 valence electrons. The molecule has 0 atom stereocenters. The Kier molecular flexibility index (Phi) is 4.40. The Labute approximate surface area is 144 Å². The summed E-state index contributed by atoms with van der Waals surface area (Å²) in [6, 6.07) is 12.9. The first-order chi connectivity index (χ1) is 11.5. The fourth-order valence-corrected chi connectivity index (χ4v) is 2.80. The second kappa shape index (κ2) is 6.49. The maximum Gasteiger partial charge on any atom is 0.320 e. The monoisotopic (exact) mass is 340 g/mol. The van der Waals surface area contributed by atoms with Crippen molar-refractivity contribution in [3.05, 3.63) is 97.3 Å². The molecule has 4 nitrogen and oxygen atoms in total. The number of rotatable bonds is 3. The number of aromatic nitrogens is 2. The molecule has 3 rings (SSSR count). The molecule has 0 radical (unpaired) electrons. The quantitative estimate of drug-likeness (QED) is 0.686. The van der Waals surface area contributed by atoms with Gasteiger partial charge in [0.2, 0.25) is 0 Å². The van der Waals surface area contributed by atoms with Crippen molar-refractivity contribution in [1.82, 2.24) is 9.13 Å². The Morgan fingerprint density at radius 2 is 1.75 bits per heavy atom. The zero-order chi connectivity index (χ0) is 17.3. The Hall–Kier alpha value is -2.59. The molecular weight excluding hydrogens is 324 g/mol. The topological polar surface area (TPSA) is 44.0 Å². The summed E-state index contributed by atoms with van der Waals surface area (Å²) in [7, 11) is 0. The normalized spacial score (nSPS) is 10.8. The summed E-state index contributed by atoms with van der Waals surface area (Å²) in [5, 5.41) is 0.513. The van der Waals surface area contributed by atoms with Gasteiger partial charge in [-0.15, -0.1) is 0 Å². The number of nitrogens with zero attached hydrogens (tertiary/aromatic N) is 2. The van der Waals surface area contributed by atoms with E-state index < -0.39 is 11.1 Å². The third kappa shape index (κ3) is 3.19. The standard InChI is InChI=1S/C19H17ClN2O2/c1-13-6-7-14(2)15(10-13)12-21-8-9-22(19(24)18(21)23)17-5-3-4-16(20)11-17/h3-11H,12H2,1-2H3. The lowest BCUT2D eigenvalue weighted by atomic mass is 10.1. The zero-order valence-electron chi connectivity index (χ0n) is 13.5. The van der Waals surface area contributed by atoms with Crippen LogP contribution in [0.5, 0.6) is 0 Å². The lowest BCUT2D eigenvalue weighted by Crippen LogP contribution is -2.40. The van der Waals surface area contributed by atoms with Gasteiger partial charge >= 0.3 is 11.1 Å². The van der Waals surface area contributed by atoms with Crippen molar-refractivity contribution in [3.8, 4) is 5.69 Å². The van der Waals surface area contributed by atoms with Crippen LogP contribution in [0.25, 0.3) is 5.69 Å². The third-order valence-corrected chi connectivity index (χ3v) is 4.23. The fourth-order valence-electron chi connectivity index (χ4n) is 2.62. The maximum absolute atomic E-state index is 12.4. The first kappa shape index (κ1) is 16.3. The molecule has 1 heterocycles. The summed E-state index contributed by atoms with van der Waals surface area (Å²) >= 11 is 5.96. The summed E-state index contributed by atoms with van der Waals surface area (Å²) in [5.41, 5.74) is 2.66. The number of hydrogen-bond donors (Lipinski definition) is 0. The summed E-state index contributed by atoms with van der Waals surface area (Å²) in [4.78, 5) is 24.9. The van der Waals surface area contributed by atoms with Crippen LogP contribution in [-0.2, 0) is 6.54 Å². The van der Waals surface area contributed by atoms with Gasteiger partial charge in [0.05, 0.1) is 12.2 Å². The van der Waals surface area contributed by atoms with Crippen LogP contribution < -0.4 is 11.1 Å². The summed E-state index contributed by atoms with van der Waals surface area (Å²) in [6.07, 6.45) is 3.23. The van der Waals surface area contributed by atoms with E-state index in [1.165, 1.54) is 9.13 Å². The van der Waals surface area contributed by atoms with Gasteiger partial charge in [-0.05, 0) is 43.2 Å². The van der Waals surface area contributed by atoms with Gasteiger partial charge in [0.15, 0.2) is 0 Å². The zero-order valence-corrected chi connectivity index (χ0v) is 14.2. The van der Waals surface area contributed by atoms with Crippen molar-refractivity contribution >= 4 is 11.6 Å². The molecule has 0 spiro atoms. The van der Waals surface area contributed by atoms with E-state index in [0.717, 1.165) is 16.7 Å². The molecule has 0 fully saturated rings. The van der Waals surface area contributed by atoms with Gasteiger partial charge in [-0.3, -0.25) is 14.2 Å². The first-order valence-corrected chi connectivity index (χ1v) is 7.97. The molecule has 0 amide bonds. The molecule has 0 bridgehead atoms. The molecule has 0 N–H and O–H groups in total. The molecule has 0 aliphatic heterocycles. The van der Waals surface area contributed by atoms with Crippen LogP contribution in [-0.4, -0.2) is 9.13 Å². The molecule has 3 aromatic rings. The van der Waals surface area contributed by atoms with Crippen LogP contribution in [0, 0.1) is 13.8 Å². The van der Waals surface area contributed by atoms with Crippen molar-refractivity contribution in [2.75, 3.05) is 0 Å². The van der Waals surface area contributed by atoms with Gasteiger partial charge in [0.25, 0.3) is 0 Å². The predicted octanol–water partition coefficient (Wildman–Crippen LogP) is 3.32. The predicted molar refractivity (Wildman–Crippen MR) is 96.3 cm³/mol. The average molecular weight is 341 g/mol. The van der Waals surface area contributed by atoms with E-state index in [2.05, 4.69) is 0 Å². The minimum atomic E-state index is -0.593. The number of hydrogen-bond acceptors (Lipinski definition) is 2. The number of halogens is 1. The summed E-state index contributed by atoms with van der Waals surface area (Å²) in [5.74, 6) is 0. The molecule has 0 aliphatic carbocycles. The van der Waals surface area contributed by atoms with Gasteiger partial charge in [0.1, 0.15) is 0 Å². The van der Waals surface area contributed by atoms with E-state index >= 15 is 0 Å². The van der Waals surface area contributed by atoms with E-state index in [9.17, 15) is 9.59 Å². The maximum atomic E-state index is 12.4. The Balaban J connectivity index is 2.04. The van der Waals surface area contributed by atoms with Crippen molar-refractivity contribution in [2.45, 2.75) is 20.4 Å². The molecule has 24 heavy (non-hydrogen) atoms. The van der Waals surface area contributed by atoms with Crippen LogP contribution in [0.15, 0.2) is 64.4 Å². The SMILES string of the molecule is Cc1ccc(C)c(Cn2ccn(-c3cccc(Cl)c3)c(=O)c2=O)c1. The van der Waals surface area contributed by atoms with Crippen LogP contribution in [0.4, 0.5) is 0 Å². The smallest absolute Gasteiger partial charge is 0.305 e. The van der Waals surface area contributed by atoms with Crippen molar-refractivity contribution in [1.29, 1.82) is 0 Å². The Bertz CT molecular complexity index is 1020. The summed E-state index contributed by atoms with van der Waals surface area (Å²) < 4.78 is 2.75. The molecule has 0 unspecified atom stereocenters. The molecular formula is C19H17ClN2O2. The lowest BCUT2D eigenvalue weighted by Gasteiger charge is -2.11. The van der Waals surface area contributed by atoms with E-state index in [1.807, 2.05) is 32.0 Å². The highest BCUT2D eigenvalue weighted by atomic mass is 35.5. The van der Waals surface area contributed by atoms with Crippen molar-refractivity contribution in [2.24, 2.45) is 0 Å². The second-order valence-corrected chi connectivity index (χ2v) is 6.25. The number of benzene rings is 2. The highest BCUT2D eigenvalue weighted by Crippen LogP contribution is 2.13. The van der Waals surface area contributed by atoms with Gasteiger partial charge in [-0.2, -0.15) is 0 Å². The molecule has 2 aromatic carbocycles. The first-order valence-electron chi connectivity index (χ1n) is 7.60. The largest absolute Gasteiger partial charge is 0.320 e. The van der Waals surface area contributed by atoms with E-state index in [-0.39, 0.29) is 0 Å². The highest BCUT2D eigenvalue weighted by Gasteiger charge is 2.09. The van der Waals surface area contributed by atoms with Gasteiger partial charge in [0, 0.05) is 17.4 Å². The Morgan fingerprint density at radius 3 is 2.50 bits per heavy atom. The van der Waals surface area contributed by atoms with Crippen molar-refractivity contribution in [3.63, 3.8) is 0 Å². The van der Waals surface area contributed by atoms with Crippen LogP contribution in [0.2, 0.25) is 5.02 Å². The van der Waals surface area contributed by atoms with Crippen LogP contribution in [0.1, 0.15) is 16.7 Å². The number of aryl methyl sites for hydroxylation is 2. The van der Waals surface area contributed by atoms with Gasteiger partial charge in [-0.25, -0.2) is 0 Å². The third-order valence-electron chi connectivity index (χ3n) is 3.99. The van der Waals surface area contributed by atoms with Crippen LogP contribution >= 0.6 is 11.6 Å². The van der Waals surface area contributed by atoms with E-state index in [1.54, 1.807) is 36.7 Å². The Morgan fingerprint density at radius 1 is 0.958 bits per heavy atom. The van der Waals surface area contributed by atoms with E-state index in [0.29, 0.717) is 17.3 Å². The van der Waals surface area contributed by atoms with Gasteiger partial charge in [-0.1, -0.05) is 41.4 Å². The highest BCUT2D eigenvalue weighted by molar-refractivity contribution is 6.30. The minimum absolute atomic E-state index is 0.373. The van der Waals surface area contributed by atoms with Crippen LogP contribution in [0.3, 0.4) is 0 Å². The minimum Gasteiger partial charge on any atom is -0.305 e. The lowest BCUT2D eigenvalue weighted by molar-refractivity contribution is 0.715. The molecule has 5 heteroatoms. The van der Waals surface area contributed by atoms with E-state index in [4.69, 9.17) is 11.6 Å². The molecule has 0 saturated heterocycles. The average Bonchev–Trinajstić information content (AvgIpc) is 2.55. The fraction of sp³-hybridized carbons (Fsp3) is 0.158. The molecule has 1 aromatic heterocycles. The summed E-state index contributed by atoms with van der Waals surface area (Å²) in [6.45, 7) is 4.37. The molecule has 0 saturated carbocycles. The molecule has 0 aliphatic rings. The van der Waals surface area contributed by atoms with Crippen molar-refractivity contribution < 1.29 is 0 Å². The van der Waals surface area contributed by atoms with Gasteiger partial charge < -0.3 is 4.57 Å².